The molecule has 0 atom stereocenters. The maximum Gasteiger partial charge on any atom is 0.278 e. The maximum absolute atomic E-state index is 12.4. The van der Waals surface area contributed by atoms with Crippen molar-refractivity contribution >= 4 is 40.2 Å². The molecular formula is C16H18Cl2N6O2. The first-order valence-corrected chi connectivity index (χ1v) is 8.75. The number of hydrogen-bond donors (Lipinski definition) is 3. The Hall–Kier alpha value is -2.13. The SMILES string of the molecule is NCCOCCn1ncc2nc(NCc3ccc(Cl)c(Cl)c3)[nH]c(=O)c21. The van der Waals surface area contributed by atoms with Gasteiger partial charge in [0.2, 0.25) is 5.95 Å². The lowest BCUT2D eigenvalue weighted by Crippen LogP contribution is -2.18. The van der Waals surface area contributed by atoms with E-state index < -0.39 is 0 Å². The van der Waals surface area contributed by atoms with Gasteiger partial charge in [0.15, 0.2) is 5.52 Å². The zero-order valence-corrected chi connectivity index (χ0v) is 15.3. The number of benzene rings is 1. The van der Waals surface area contributed by atoms with Crippen LogP contribution >= 0.6 is 23.2 Å². The third kappa shape index (κ3) is 4.34. The fourth-order valence-electron chi connectivity index (χ4n) is 2.43. The molecule has 0 radical (unpaired) electrons. The fourth-order valence-corrected chi connectivity index (χ4v) is 2.75. The molecule has 0 aliphatic carbocycles. The molecule has 26 heavy (non-hydrogen) atoms. The summed E-state index contributed by atoms with van der Waals surface area (Å²) in [4.78, 5) is 19.5. The van der Waals surface area contributed by atoms with Gasteiger partial charge in [0.05, 0.1) is 36.0 Å². The molecule has 0 fully saturated rings. The minimum absolute atomic E-state index is 0.275. The molecule has 0 unspecified atom stereocenters. The molecule has 0 saturated heterocycles. The van der Waals surface area contributed by atoms with E-state index in [2.05, 4.69) is 20.4 Å². The van der Waals surface area contributed by atoms with Crippen molar-refractivity contribution < 1.29 is 4.74 Å². The van der Waals surface area contributed by atoms with Gasteiger partial charge in [-0.2, -0.15) is 5.10 Å². The average molecular weight is 397 g/mol. The van der Waals surface area contributed by atoms with Gasteiger partial charge in [-0.25, -0.2) is 4.98 Å². The van der Waals surface area contributed by atoms with E-state index in [4.69, 9.17) is 33.7 Å². The van der Waals surface area contributed by atoms with Crippen LogP contribution in [0.25, 0.3) is 11.0 Å². The predicted molar refractivity (Wildman–Crippen MR) is 102 cm³/mol. The molecular weight excluding hydrogens is 379 g/mol. The molecule has 3 rings (SSSR count). The van der Waals surface area contributed by atoms with Crippen LogP contribution in [0, 0.1) is 0 Å². The molecule has 0 aliphatic heterocycles. The Bertz CT molecular complexity index is 956. The van der Waals surface area contributed by atoms with Crippen molar-refractivity contribution in [3.8, 4) is 0 Å². The van der Waals surface area contributed by atoms with Gasteiger partial charge < -0.3 is 15.8 Å². The number of aromatic amines is 1. The van der Waals surface area contributed by atoms with E-state index in [9.17, 15) is 4.79 Å². The highest BCUT2D eigenvalue weighted by Crippen LogP contribution is 2.22. The van der Waals surface area contributed by atoms with E-state index >= 15 is 0 Å². The van der Waals surface area contributed by atoms with Crippen LogP contribution in [-0.4, -0.2) is 39.5 Å². The number of anilines is 1. The first-order valence-electron chi connectivity index (χ1n) is 8.00. The second kappa shape index (κ2) is 8.50. The first kappa shape index (κ1) is 18.7. The van der Waals surface area contributed by atoms with Crippen molar-refractivity contribution in [2.24, 2.45) is 5.73 Å². The van der Waals surface area contributed by atoms with Gasteiger partial charge in [-0.05, 0) is 17.7 Å². The molecule has 0 spiro atoms. The Labute approximate surface area is 159 Å². The highest BCUT2D eigenvalue weighted by molar-refractivity contribution is 6.42. The van der Waals surface area contributed by atoms with Crippen molar-refractivity contribution in [2.75, 3.05) is 25.1 Å². The molecule has 2 aromatic heterocycles. The summed E-state index contributed by atoms with van der Waals surface area (Å²) in [6, 6.07) is 5.32. The second-order valence-electron chi connectivity index (χ2n) is 5.52. The van der Waals surface area contributed by atoms with Crippen LogP contribution in [0.3, 0.4) is 0 Å². The van der Waals surface area contributed by atoms with Gasteiger partial charge in [-0.15, -0.1) is 0 Å². The van der Waals surface area contributed by atoms with Gasteiger partial charge in [-0.3, -0.25) is 14.5 Å². The quantitative estimate of drug-likeness (QED) is 0.502. The Morgan fingerprint density at radius 1 is 1.27 bits per heavy atom. The number of nitrogens with zero attached hydrogens (tertiary/aromatic N) is 3. The normalized spacial score (nSPS) is 11.2. The monoisotopic (exact) mass is 396 g/mol. The molecule has 0 bridgehead atoms. The van der Waals surface area contributed by atoms with Crippen LogP contribution < -0.4 is 16.6 Å². The molecule has 0 aliphatic rings. The van der Waals surface area contributed by atoms with Crippen LogP contribution in [0.4, 0.5) is 5.95 Å². The molecule has 10 heteroatoms. The van der Waals surface area contributed by atoms with Crippen molar-refractivity contribution in [3.05, 3.63) is 50.4 Å². The standard InChI is InChI=1S/C16H18Cl2N6O2/c17-11-2-1-10(7-12(11)18)8-20-16-22-13-9-21-24(4-6-26-5-3-19)14(13)15(25)23-16/h1-2,7,9H,3-6,8,19H2,(H2,20,22,23,25). The van der Waals surface area contributed by atoms with Gasteiger partial charge in [0.25, 0.3) is 5.56 Å². The maximum atomic E-state index is 12.4. The van der Waals surface area contributed by atoms with E-state index in [1.807, 2.05) is 6.07 Å². The average Bonchev–Trinajstić information content (AvgIpc) is 3.03. The number of aromatic nitrogens is 4. The number of hydrogen-bond acceptors (Lipinski definition) is 6. The molecule has 138 valence electrons. The van der Waals surface area contributed by atoms with Crippen molar-refractivity contribution in [2.45, 2.75) is 13.1 Å². The molecule has 4 N–H and O–H groups in total. The van der Waals surface area contributed by atoms with E-state index in [0.717, 1.165) is 5.56 Å². The van der Waals surface area contributed by atoms with Gasteiger partial charge in [-0.1, -0.05) is 29.3 Å². The predicted octanol–water partition coefficient (Wildman–Crippen LogP) is 2.01. The van der Waals surface area contributed by atoms with Crippen LogP contribution in [0.5, 0.6) is 0 Å². The lowest BCUT2D eigenvalue weighted by molar-refractivity contribution is 0.131. The molecule has 1 aromatic carbocycles. The number of nitrogens with one attached hydrogen (secondary N) is 2. The van der Waals surface area contributed by atoms with Crippen molar-refractivity contribution in [1.82, 2.24) is 19.7 Å². The molecule has 0 amide bonds. The molecule has 8 nitrogen and oxygen atoms in total. The van der Waals surface area contributed by atoms with Gasteiger partial charge in [0, 0.05) is 13.1 Å². The summed E-state index contributed by atoms with van der Waals surface area (Å²) in [6.07, 6.45) is 1.55. The third-order valence-electron chi connectivity index (χ3n) is 3.65. The number of H-pyrrole nitrogens is 1. The number of fused-ring (bicyclic) bond motifs is 1. The first-order chi connectivity index (χ1) is 12.6. The van der Waals surface area contributed by atoms with Gasteiger partial charge >= 0.3 is 0 Å². The summed E-state index contributed by atoms with van der Waals surface area (Å²) in [5.74, 6) is 0.354. The second-order valence-corrected chi connectivity index (χ2v) is 6.33. The largest absolute Gasteiger partial charge is 0.378 e. The van der Waals surface area contributed by atoms with Crippen LogP contribution in [-0.2, 0) is 17.8 Å². The summed E-state index contributed by atoms with van der Waals surface area (Å²) < 4.78 is 6.89. The summed E-state index contributed by atoms with van der Waals surface area (Å²) >= 11 is 11.9. The number of ether oxygens (including phenoxy) is 1. The summed E-state index contributed by atoms with van der Waals surface area (Å²) in [5.41, 5.74) is 6.92. The van der Waals surface area contributed by atoms with E-state index in [-0.39, 0.29) is 5.56 Å². The van der Waals surface area contributed by atoms with Crippen molar-refractivity contribution in [3.63, 3.8) is 0 Å². The number of halogens is 2. The Morgan fingerprint density at radius 2 is 2.12 bits per heavy atom. The Kier molecular flexibility index (Phi) is 6.10. The summed E-state index contributed by atoms with van der Waals surface area (Å²) in [5, 5.41) is 8.23. The summed E-state index contributed by atoms with van der Waals surface area (Å²) in [7, 11) is 0. The smallest absolute Gasteiger partial charge is 0.278 e. The van der Waals surface area contributed by atoms with E-state index in [1.54, 1.807) is 23.0 Å². The topological polar surface area (TPSA) is 111 Å². The highest BCUT2D eigenvalue weighted by atomic mass is 35.5. The zero-order chi connectivity index (χ0) is 18.5. The van der Waals surface area contributed by atoms with Crippen molar-refractivity contribution in [1.29, 1.82) is 0 Å². The Morgan fingerprint density at radius 3 is 2.88 bits per heavy atom. The fraction of sp³-hybridized carbons (Fsp3) is 0.312. The number of nitrogens with two attached hydrogens (primary N) is 1. The third-order valence-corrected chi connectivity index (χ3v) is 4.39. The Balaban J connectivity index is 1.72. The summed E-state index contributed by atoms with van der Waals surface area (Å²) in [6.45, 7) is 2.23. The lowest BCUT2D eigenvalue weighted by Gasteiger charge is -2.07. The number of rotatable bonds is 8. The molecule has 0 saturated carbocycles. The van der Waals surface area contributed by atoms with Crippen LogP contribution in [0.2, 0.25) is 10.0 Å². The van der Waals surface area contributed by atoms with Crippen LogP contribution in [0.1, 0.15) is 5.56 Å². The molecule has 2 heterocycles. The minimum atomic E-state index is -0.275. The molecule has 3 aromatic rings. The van der Waals surface area contributed by atoms with Gasteiger partial charge in [0.1, 0.15) is 5.52 Å². The zero-order valence-electron chi connectivity index (χ0n) is 13.8. The minimum Gasteiger partial charge on any atom is -0.378 e. The lowest BCUT2D eigenvalue weighted by atomic mass is 10.2. The highest BCUT2D eigenvalue weighted by Gasteiger charge is 2.10. The van der Waals surface area contributed by atoms with E-state index in [0.29, 0.717) is 59.9 Å². The van der Waals surface area contributed by atoms with E-state index in [1.165, 1.54) is 0 Å². The van der Waals surface area contributed by atoms with Crippen LogP contribution in [0.15, 0.2) is 29.2 Å².